The summed E-state index contributed by atoms with van der Waals surface area (Å²) in [6.07, 6.45) is 2.22. The number of ether oxygens (including phenoxy) is 2. The van der Waals surface area contributed by atoms with Gasteiger partial charge in [-0.05, 0) is 42.8 Å². The number of benzene rings is 2. The fourth-order valence-electron chi connectivity index (χ4n) is 3.94. The first-order chi connectivity index (χ1) is 12.7. The summed E-state index contributed by atoms with van der Waals surface area (Å²) in [5.41, 5.74) is 3.24. The summed E-state index contributed by atoms with van der Waals surface area (Å²) in [4.78, 5) is 13.8. The average molecular weight is 353 g/mol. The Kier molecular flexibility index (Phi) is 4.80. The lowest BCUT2D eigenvalue weighted by molar-refractivity contribution is -0.910. The van der Waals surface area contributed by atoms with Gasteiger partial charge in [0.2, 0.25) is 0 Å². The molecule has 1 saturated heterocycles. The van der Waals surface area contributed by atoms with E-state index in [0.717, 1.165) is 42.1 Å². The highest BCUT2D eigenvalue weighted by Gasteiger charge is 2.32. The topological polar surface area (TPSA) is 52.0 Å². The number of anilines is 1. The summed E-state index contributed by atoms with van der Waals surface area (Å²) in [7, 11) is 0. The summed E-state index contributed by atoms with van der Waals surface area (Å²) in [5.74, 6) is 1.70. The Balaban J connectivity index is 1.44. The van der Waals surface area contributed by atoms with Crippen molar-refractivity contribution < 1.29 is 19.2 Å². The van der Waals surface area contributed by atoms with Crippen LogP contribution in [0.15, 0.2) is 42.5 Å². The molecule has 5 nitrogen and oxygen atoms in total. The molecule has 2 aromatic rings. The SMILES string of the molecule is Cc1cccc(NC(=O)C[NH+]2CCC[C@H]2c2ccc3c(c2)OCCO3)c1. The van der Waals surface area contributed by atoms with Crippen LogP contribution in [0, 0.1) is 6.92 Å². The smallest absolute Gasteiger partial charge is 0.279 e. The minimum absolute atomic E-state index is 0.0649. The Hall–Kier alpha value is -2.53. The van der Waals surface area contributed by atoms with E-state index in [2.05, 4.69) is 17.4 Å². The van der Waals surface area contributed by atoms with Crippen LogP contribution >= 0.6 is 0 Å². The summed E-state index contributed by atoms with van der Waals surface area (Å²) >= 11 is 0. The number of amides is 1. The van der Waals surface area contributed by atoms with Crippen molar-refractivity contribution in [2.45, 2.75) is 25.8 Å². The molecule has 0 aromatic heterocycles. The number of nitrogens with one attached hydrogen (secondary N) is 2. The highest BCUT2D eigenvalue weighted by atomic mass is 16.6. The van der Waals surface area contributed by atoms with Crippen LogP contribution in [-0.4, -0.2) is 32.2 Å². The number of hydrogen-bond acceptors (Lipinski definition) is 3. The van der Waals surface area contributed by atoms with Gasteiger partial charge in [-0.3, -0.25) is 4.79 Å². The van der Waals surface area contributed by atoms with E-state index in [0.29, 0.717) is 25.8 Å². The third-order valence-electron chi connectivity index (χ3n) is 5.14. The van der Waals surface area contributed by atoms with Crippen LogP contribution in [-0.2, 0) is 4.79 Å². The van der Waals surface area contributed by atoms with Crippen molar-refractivity contribution in [2.24, 2.45) is 0 Å². The Morgan fingerprint density at radius 2 is 2.00 bits per heavy atom. The zero-order chi connectivity index (χ0) is 17.9. The molecule has 2 aliphatic heterocycles. The van der Waals surface area contributed by atoms with Gasteiger partial charge in [-0.25, -0.2) is 0 Å². The maximum atomic E-state index is 12.5. The Bertz CT molecular complexity index is 806. The van der Waals surface area contributed by atoms with Crippen molar-refractivity contribution >= 4 is 11.6 Å². The third kappa shape index (κ3) is 3.68. The molecular weight excluding hydrogens is 328 g/mol. The Morgan fingerprint density at radius 1 is 1.15 bits per heavy atom. The van der Waals surface area contributed by atoms with Crippen molar-refractivity contribution in [1.82, 2.24) is 0 Å². The first-order valence-corrected chi connectivity index (χ1v) is 9.30. The van der Waals surface area contributed by atoms with Crippen molar-refractivity contribution in [3.8, 4) is 11.5 Å². The van der Waals surface area contributed by atoms with Gasteiger partial charge in [0.15, 0.2) is 18.0 Å². The molecule has 1 fully saturated rings. The molecule has 0 bridgehead atoms. The quantitative estimate of drug-likeness (QED) is 0.885. The lowest BCUT2D eigenvalue weighted by atomic mass is 10.0. The van der Waals surface area contributed by atoms with Gasteiger partial charge in [-0.2, -0.15) is 0 Å². The number of carbonyl (C=O) groups excluding carboxylic acids is 1. The Labute approximate surface area is 153 Å². The predicted molar refractivity (Wildman–Crippen MR) is 99.9 cm³/mol. The average Bonchev–Trinajstić information content (AvgIpc) is 3.09. The van der Waals surface area contributed by atoms with Crippen LogP contribution in [0.4, 0.5) is 5.69 Å². The van der Waals surface area contributed by atoms with Crippen molar-refractivity contribution in [2.75, 3.05) is 31.6 Å². The molecular formula is C21H25N2O3+. The van der Waals surface area contributed by atoms with E-state index in [1.54, 1.807) is 0 Å². The zero-order valence-corrected chi connectivity index (χ0v) is 15.1. The minimum atomic E-state index is 0.0649. The van der Waals surface area contributed by atoms with Gasteiger partial charge in [0.1, 0.15) is 19.3 Å². The largest absolute Gasteiger partial charge is 0.486 e. The molecule has 2 atom stereocenters. The van der Waals surface area contributed by atoms with Gasteiger partial charge in [-0.1, -0.05) is 12.1 Å². The number of quaternary nitrogens is 1. The summed E-state index contributed by atoms with van der Waals surface area (Å²) in [5, 5.41) is 3.03. The molecule has 2 aliphatic rings. The molecule has 0 aliphatic carbocycles. The van der Waals surface area contributed by atoms with Gasteiger partial charge in [0.25, 0.3) is 5.91 Å². The maximum absolute atomic E-state index is 12.5. The minimum Gasteiger partial charge on any atom is -0.486 e. The van der Waals surface area contributed by atoms with Crippen LogP contribution < -0.4 is 19.7 Å². The zero-order valence-electron chi connectivity index (χ0n) is 15.1. The fraction of sp³-hybridized carbons (Fsp3) is 0.381. The van der Waals surface area contributed by atoms with Gasteiger partial charge in [-0.15, -0.1) is 0 Å². The normalized spacial score (nSPS) is 21.4. The van der Waals surface area contributed by atoms with E-state index in [1.165, 1.54) is 10.5 Å². The number of hydrogen-bond donors (Lipinski definition) is 2. The van der Waals surface area contributed by atoms with E-state index in [4.69, 9.17) is 9.47 Å². The molecule has 26 heavy (non-hydrogen) atoms. The molecule has 2 heterocycles. The van der Waals surface area contributed by atoms with E-state index in [1.807, 2.05) is 37.3 Å². The van der Waals surface area contributed by atoms with Gasteiger partial charge >= 0.3 is 0 Å². The first-order valence-electron chi connectivity index (χ1n) is 9.30. The number of likely N-dealkylation sites (tertiary alicyclic amines) is 1. The lowest BCUT2D eigenvalue weighted by Gasteiger charge is -2.24. The maximum Gasteiger partial charge on any atom is 0.279 e. The van der Waals surface area contributed by atoms with Gasteiger partial charge in [0, 0.05) is 24.1 Å². The first kappa shape index (κ1) is 16.9. The second-order valence-corrected chi connectivity index (χ2v) is 7.10. The van der Waals surface area contributed by atoms with Crippen LogP contribution in [0.2, 0.25) is 0 Å². The summed E-state index contributed by atoms with van der Waals surface area (Å²) < 4.78 is 11.3. The highest BCUT2D eigenvalue weighted by molar-refractivity contribution is 5.91. The molecule has 0 spiro atoms. The monoisotopic (exact) mass is 353 g/mol. The predicted octanol–water partition coefficient (Wildman–Crippen LogP) is 2.12. The van der Waals surface area contributed by atoms with Crippen molar-refractivity contribution in [3.63, 3.8) is 0 Å². The van der Waals surface area contributed by atoms with E-state index >= 15 is 0 Å². The number of carbonyl (C=O) groups is 1. The molecule has 0 radical (unpaired) electrons. The molecule has 0 saturated carbocycles. The number of rotatable bonds is 4. The molecule has 1 amide bonds. The fourth-order valence-corrected chi connectivity index (χ4v) is 3.94. The lowest BCUT2D eigenvalue weighted by Crippen LogP contribution is -3.11. The summed E-state index contributed by atoms with van der Waals surface area (Å²) in [6.45, 7) is 4.72. The molecule has 2 N–H and O–H groups in total. The molecule has 4 rings (SSSR count). The van der Waals surface area contributed by atoms with Crippen LogP contribution in [0.1, 0.15) is 30.0 Å². The van der Waals surface area contributed by atoms with Crippen molar-refractivity contribution in [1.29, 1.82) is 0 Å². The molecule has 5 heteroatoms. The van der Waals surface area contributed by atoms with E-state index in [-0.39, 0.29) is 5.91 Å². The third-order valence-corrected chi connectivity index (χ3v) is 5.14. The molecule has 2 aromatic carbocycles. The van der Waals surface area contributed by atoms with Crippen LogP contribution in [0.5, 0.6) is 11.5 Å². The second-order valence-electron chi connectivity index (χ2n) is 7.10. The van der Waals surface area contributed by atoms with Crippen molar-refractivity contribution in [3.05, 3.63) is 53.6 Å². The number of aryl methyl sites for hydroxylation is 1. The highest BCUT2D eigenvalue weighted by Crippen LogP contribution is 2.33. The van der Waals surface area contributed by atoms with E-state index in [9.17, 15) is 4.79 Å². The summed E-state index contributed by atoms with van der Waals surface area (Å²) in [6, 6.07) is 14.4. The van der Waals surface area contributed by atoms with Gasteiger partial charge in [0.05, 0.1) is 6.54 Å². The molecule has 1 unspecified atom stereocenters. The second kappa shape index (κ2) is 7.38. The van der Waals surface area contributed by atoms with Crippen LogP contribution in [0.3, 0.4) is 0 Å². The molecule has 136 valence electrons. The van der Waals surface area contributed by atoms with E-state index < -0.39 is 0 Å². The van der Waals surface area contributed by atoms with Crippen LogP contribution in [0.25, 0.3) is 0 Å². The number of fused-ring (bicyclic) bond motifs is 1. The van der Waals surface area contributed by atoms with Gasteiger partial charge < -0.3 is 19.7 Å². The Morgan fingerprint density at radius 3 is 2.85 bits per heavy atom. The standard InChI is InChI=1S/C21H24N2O3/c1-15-4-2-5-17(12-15)22-21(24)14-23-9-3-6-18(23)16-7-8-19-20(13-16)26-11-10-25-19/h2,4-5,7-8,12-13,18H,3,6,9-11,14H2,1H3,(H,22,24)/p+1/t18-/m0/s1.